The van der Waals surface area contributed by atoms with Crippen LogP contribution in [-0.4, -0.2) is 7.11 Å². The molecule has 0 heterocycles. The lowest BCUT2D eigenvalue weighted by atomic mass is 9.77. The van der Waals surface area contributed by atoms with Crippen LogP contribution < -0.4 is 4.74 Å². The van der Waals surface area contributed by atoms with Gasteiger partial charge in [-0.15, -0.1) is 0 Å². The van der Waals surface area contributed by atoms with Gasteiger partial charge in [-0.1, -0.05) is 71.9 Å². The number of rotatable bonds is 3. The van der Waals surface area contributed by atoms with E-state index in [1.54, 1.807) is 7.11 Å². The first-order valence-electron chi connectivity index (χ1n) is 9.63. The van der Waals surface area contributed by atoms with Gasteiger partial charge in [0.05, 0.1) is 7.11 Å². The lowest BCUT2D eigenvalue weighted by Crippen LogP contribution is -2.19. The lowest BCUT2D eigenvalue weighted by molar-refractivity contribution is 0.381. The van der Waals surface area contributed by atoms with E-state index in [0.29, 0.717) is 0 Å². The summed E-state index contributed by atoms with van der Waals surface area (Å²) in [5.41, 5.74) is 8.15. The second-order valence-electron chi connectivity index (χ2n) is 9.40. The van der Waals surface area contributed by atoms with Gasteiger partial charge in [-0.2, -0.15) is 0 Å². The average Bonchev–Trinajstić information content (AvgIpc) is 3.22. The highest BCUT2D eigenvalue weighted by atomic mass is 16.5. The first-order valence-corrected chi connectivity index (χ1v) is 9.63. The van der Waals surface area contributed by atoms with Crippen LogP contribution in [0, 0.1) is 0 Å². The number of allylic oxidation sites excluding steroid dienone is 8. The van der Waals surface area contributed by atoms with Gasteiger partial charge in [0.25, 0.3) is 0 Å². The van der Waals surface area contributed by atoms with Gasteiger partial charge in [0.15, 0.2) is 0 Å². The van der Waals surface area contributed by atoms with Crippen LogP contribution in [0.5, 0.6) is 5.75 Å². The molecule has 26 heavy (non-hydrogen) atoms. The molecule has 0 spiro atoms. The van der Waals surface area contributed by atoms with Gasteiger partial charge < -0.3 is 4.74 Å². The topological polar surface area (TPSA) is 9.23 Å². The van der Waals surface area contributed by atoms with Gasteiger partial charge >= 0.3 is 0 Å². The molecule has 2 aliphatic rings. The quantitative estimate of drug-likeness (QED) is 0.578. The smallest absolute Gasteiger partial charge is 0.126 e. The Morgan fingerprint density at radius 2 is 1.42 bits per heavy atom. The van der Waals surface area contributed by atoms with Crippen molar-refractivity contribution in [2.24, 2.45) is 0 Å². The molecule has 0 saturated heterocycles. The van der Waals surface area contributed by atoms with E-state index in [4.69, 9.17) is 4.74 Å². The zero-order valence-corrected chi connectivity index (χ0v) is 17.4. The summed E-state index contributed by atoms with van der Waals surface area (Å²) in [5.74, 6) is 1.04. The zero-order chi connectivity index (χ0) is 19.1. The molecule has 0 bridgehead atoms. The largest absolute Gasteiger partial charge is 0.496 e. The first kappa shape index (κ1) is 18.8. The zero-order valence-electron chi connectivity index (χ0n) is 17.4. The Morgan fingerprint density at radius 3 is 1.88 bits per heavy atom. The maximum absolute atomic E-state index is 5.92. The molecule has 0 radical (unpaired) electrons. The second-order valence-corrected chi connectivity index (χ2v) is 9.40. The molecule has 0 aliphatic heterocycles. The third kappa shape index (κ3) is 3.45. The number of benzene rings is 1. The van der Waals surface area contributed by atoms with Gasteiger partial charge in [0.2, 0.25) is 0 Å². The third-order valence-corrected chi connectivity index (χ3v) is 5.27. The molecular formula is C25H32O. The fourth-order valence-electron chi connectivity index (χ4n) is 3.86. The van der Waals surface area contributed by atoms with Crippen LogP contribution in [0.25, 0.3) is 5.57 Å². The van der Waals surface area contributed by atoms with Crippen LogP contribution in [0.1, 0.15) is 71.1 Å². The van der Waals surface area contributed by atoms with Crippen molar-refractivity contribution in [1.82, 2.24) is 0 Å². The van der Waals surface area contributed by atoms with Gasteiger partial charge in [0, 0.05) is 11.1 Å². The third-order valence-electron chi connectivity index (χ3n) is 5.27. The summed E-state index contributed by atoms with van der Waals surface area (Å²) in [6.45, 7) is 13.6. The molecule has 1 nitrogen and oxygen atoms in total. The molecule has 0 unspecified atom stereocenters. The first-order chi connectivity index (χ1) is 12.1. The Bertz CT molecular complexity index is 795. The van der Waals surface area contributed by atoms with E-state index in [2.05, 4.69) is 84.1 Å². The molecule has 0 amide bonds. The standard InChI is InChI=1S/C25H32O/c1-24(2,3)21-15-18(16-22(23(21)26-7)25(4,5)6)20-14-10-13-19(20)17-11-8-9-12-17/h8-9,11,13-16H,10,12H2,1-7H3. The number of hydrogen-bond donors (Lipinski definition) is 0. The fraction of sp³-hybridized carbons (Fsp3) is 0.440. The van der Waals surface area contributed by atoms with E-state index >= 15 is 0 Å². The van der Waals surface area contributed by atoms with Gasteiger partial charge in [0.1, 0.15) is 5.75 Å². The van der Waals surface area contributed by atoms with E-state index in [1.165, 1.54) is 33.4 Å². The van der Waals surface area contributed by atoms with Crippen molar-refractivity contribution in [3.05, 3.63) is 70.3 Å². The minimum atomic E-state index is 0.0264. The number of ether oxygens (including phenoxy) is 1. The Morgan fingerprint density at radius 1 is 0.846 bits per heavy atom. The fourth-order valence-corrected chi connectivity index (χ4v) is 3.86. The van der Waals surface area contributed by atoms with Crippen LogP contribution in [0.15, 0.2) is 53.7 Å². The summed E-state index contributed by atoms with van der Waals surface area (Å²) in [7, 11) is 1.80. The predicted octanol–water partition coefficient (Wildman–Crippen LogP) is 6.89. The Labute approximate surface area is 159 Å². The number of methoxy groups -OCH3 is 1. The van der Waals surface area contributed by atoms with Crippen molar-refractivity contribution in [2.75, 3.05) is 7.11 Å². The Balaban J connectivity index is 2.18. The maximum atomic E-state index is 5.92. The van der Waals surface area contributed by atoms with Gasteiger partial charge in [-0.25, -0.2) is 0 Å². The van der Waals surface area contributed by atoms with Gasteiger partial charge in [-0.3, -0.25) is 0 Å². The molecule has 0 N–H and O–H groups in total. The summed E-state index contributed by atoms with van der Waals surface area (Å²) < 4.78 is 5.92. The molecule has 1 aromatic carbocycles. The minimum absolute atomic E-state index is 0.0264. The molecule has 0 fully saturated rings. The van der Waals surface area contributed by atoms with Crippen LogP contribution in [-0.2, 0) is 10.8 Å². The Kier molecular flexibility index (Phi) is 4.77. The molecule has 3 rings (SSSR count). The van der Waals surface area contributed by atoms with Gasteiger partial charge in [-0.05, 0) is 58.1 Å². The summed E-state index contributed by atoms with van der Waals surface area (Å²) in [6, 6.07) is 4.70. The molecule has 2 aliphatic carbocycles. The molecule has 0 aromatic heterocycles. The summed E-state index contributed by atoms with van der Waals surface area (Å²) >= 11 is 0. The normalized spacial score (nSPS) is 17.3. The lowest BCUT2D eigenvalue weighted by Gasteiger charge is -2.30. The van der Waals surface area contributed by atoms with Crippen molar-refractivity contribution in [1.29, 1.82) is 0 Å². The maximum Gasteiger partial charge on any atom is 0.126 e. The van der Waals surface area contributed by atoms with E-state index < -0.39 is 0 Å². The van der Waals surface area contributed by atoms with Crippen molar-refractivity contribution in [2.45, 2.75) is 65.2 Å². The molecular weight excluding hydrogens is 316 g/mol. The highest BCUT2D eigenvalue weighted by Gasteiger charge is 2.29. The van der Waals surface area contributed by atoms with E-state index in [1.807, 2.05) is 0 Å². The van der Waals surface area contributed by atoms with Crippen LogP contribution in [0.2, 0.25) is 0 Å². The highest BCUT2D eigenvalue weighted by Crippen LogP contribution is 2.44. The van der Waals surface area contributed by atoms with Crippen molar-refractivity contribution < 1.29 is 4.74 Å². The van der Waals surface area contributed by atoms with Crippen LogP contribution in [0.3, 0.4) is 0 Å². The monoisotopic (exact) mass is 348 g/mol. The predicted molar refractivity (Wildman–Crippen MR) is 113 cm³/mol. The minimum Gasteiger partial charge on any atom is -0.496 e. The average molecular weight is 349 g/mol. The van der Waals surface area contributed by atoms with Crippen LogP contribution in [0.4, 0.5) is 0 Å². The van der Waals surface area contributed by atoms with E-state index in [-0.39, 0.29) is 10.8 Å². The second kappa shape index (κ2) is 6.61. The van der Waals surface area contributed by atoms with E-state index in [9.17, 15) is 0 Å². The highest BCUT2D eigenvalue weighted by molar-refractivity contribution is 5.87. The number of hydrogen-bond acceptors (Lipinski definition) is 1. The summed E-state index contributed by atoms with van der Waals surface area (Å²) in [6.07, 6.45) is 13.5. The molecule has 1 heteroatoms. The molecule has 0 saturated carbocycles. The molecule has 138 valence electrons. The SMILES string of the molecule is COc1c(C(C)(C)C)cc(C2=CCC=C2C2=CC=CC2)cc1C(C)(C)C. The molecule has 1 aromatic rings. The van der Waals surface area contributed by atoms with Crippen molar-refractivity contribution >= 4 is 5.57 Å². The van der Waals surface area contributed by atoms with Crippen molar-refractivity contribution in [3.8, 4) is 5.75 Å². The Hall–Kier alpha value is -2.02. The summed E-state index contributed by atoms with van der Waals surface area (Å²) in [4.78, 5) is 0. The van der Waals surface area contributed by atoms with E-state index in [0.717, 1.165) is 18.6 Å². The summed E-state index contributed by atoms with van der Waals surface area (Å²) in [5, 5.41) is 0. The molecule has 0 atom stereocenters. The van der Waals surface area contributed by atoms with Crippen LogP contribution >= 0.6 is 0 Å². The van der Waals surface area contributed by atoms with Crippen molar-refractivity contribution in [3.63, 3.8) is 0 Å².